The maximum Gasteiger partial charge on any atom is 0.172 e. The summed E-state index contributed by atoms with van der Waals surface area (Å²) < 4.78 is 0. The third-order valence-electron chi connectivity index (χ3n) is 2.94. The molecule has 0 aromatic carbocycles. The van der Waals surface area contributed by atoms with Gasteiger partial charge in [-0.05, 0) is 12.8 Å². The van der Waals surface area contributed by atoms with Crippen molar-refractivity contribution in [1.82, 2.24) is 0 Å². The van der Waals surface area contributed by atoms with Crippen molar-refractivity contribution in [1.29, 1.82) is 0 Å². The first-order valence-corrected chi connectivity index (χ1v) is 4.21. The van der Waals surface area contributed by atoms with Gasteiger partial charge in [0.15, 0.2) is 5.78 Å². The number of ketones is 1. The highest BCUT2D eigenvalue weighted by molar-refractivity contribution is 6.04. The van der Waals surface area contributed by atoms with Crippen molar-refractivity contribution in [2.75, 3.05) is 0 Å². The van der Waals surface area contributed by atoms with Crippen molar-refractivity contribution >= 4 is 5.78 Å². The molecule has 0 saturated heterocycles. The van der Waals surface area contributed by atoms with E-state index >= 15 is 0 Å². The molecule has 0 radical (unpaired) electrons. The number of allylic oxidation sites excluding steroid dienone is 2. The van der Waals surface area contributed by atoms with Gasteiger partial charge in [-0.2, -0.15) is 0 Å². The van der Waals surface area contributed by atoms with Crippen LogP contribution < -0.4 is 0 Å². The second kappa shape index (κ2) is 2.10. The molecule has 0 atom stereocenters. The van der Waals surface area contributed by atoms with E-state index in [9.17, 15) is 9.90 Å². The summed E-state index contributed by atoms with van der Waals surface area (Å²) in [4.78, 5) is 11.2. The first-order chi connectivity index (χ1) is 5.26. The Balaban J connectivity index is 2.22. The highest BCUT2D eigenvalue weighted by Crippen LogP contribution is 2.47. The second-order valence-corrected chi connectivity index (χ2v) is 3.54. The number of rotatable bonds is 0. The summed E-state index contributed by atoms with van der Waals surface area (Å²) in [5.41, 5.74) is -0.405. The molecular formula is C9H12O2. The summed E-state index contributed by atoms with van der Waals surface area (Å²) in [5.74, 6) is 0.483. The zero-order valence-corrected chi connectivity index (χ0v) is 6.47. The Bertz CT molecular complexity index is 222. The minimum atomic E-state index is -0.405. The number of carbonyl (C=O) groups is 1. The van der Waals surface area contributed by atoms with E-state index in [-0.39, 0.29) is 5.78 Å². The molecule has 2 nitrogen and oxygen atoms in total. The van der Waals surface area contributed by atoms with E-state index in [4.69, 9.17) is 0 Å². The third-order valence-corrected chi connectivity index (χ3v) is 2.94. The Morgan fingerprint density at radius 2 is 1.91 bits per heavy atom. The Morgan fingerprint density at radius 3 is 2.27 bits per heavy atom. The summed E-state index contributed by atoms with van der Waals surface area (Å²) in [6, 6.07) is 0. The van der Waals surface area contributed by atoms with Gasteiger partial charge in [-0.3, -0.25) is 4.79 Å². The Kier molecular flexibility index (Phi) is 1.31. The van der Waals surface area contributed by atoms with Crippen LogP contribution in [0.2, 0.25) is 0 Å². The normalized spacial score (nSPS) is 28.0. The first-order valence-electron chi connectivity index (χ1n) is 4.21. The second-order valence-electron chi connectivity index (χ2n) is 3.54. The van der Waals surface area contributed by atoms with Crippen LogP contribution in [0.25, 0.3) is 0 Å². The van der Waals surface area contributed by atoms with E-state index < -0.39 is 5.41 Å². The minimum Gasteiger partial charge on any atom is -0.511 e. The van der Waals surface area contributed by atoms with Crippen LogP contribution in [0, 0.1) is 5.41 Å². The third kappa shape index (κ3) is 0.753. The van der Waals surface area contributed by atoms with Crippen molar-refractivity contribution < 1.29 is 9.90 Å². The van der Waals surface area contributed by atoms with Gasteiger partial charge in [-0.1, -0.05) is 19.3 Å². The van der Waals surface area contributed by atoms with Crippen LogP contribution in [-0.4, -0.2) is 10.9 Å². The summed E-state index contributed by atoms with van der Waals surface area (Å²) >= 11 is 0. The van der Waals surface area contributed by atoms with Crippen LogP contribution in [0.3, 0.4) is 0 Å². The highest BCUT2D eigenvalue weighted by atomic mass is 16.3. The van der Waals surface area contributed by atoms with E-state index in [2.05, 4.69) is 0 Å². The lowest BCUT2D eigenvalue weighted by atomic mass is 9.64. The van der Waals surface area contributed by atoms with Crippen LogP contribution in [0.1, 0.15) is 32.1 Å². The molecule has 0 amide bonds. The summed E-state index contributed by atoms with van der Waals surface area (Å²) in [7, 11) is 0. The Morgan fingerprint density at radius 1 is 1.27 bits per heavy atom. The zero-order chi connectivity index (χ0) is 7.90. The SMILES string of the molecule is O=C1C=C(O)C12CCCCC2. The molecule has 0 bridgehead atoms. The van der Waals surface area contributed by atoms with Gasteiger partial charge in [-0.15, -0.1) is 0 Å². The molecule has 1 N–H and O–H groups in total. The van der Waals surface area contributed by atoms with Crippen LogP contribution in [0.5, 0.6) is 0 Å². The zero-order valence-electron chi connectivity index (χ0n) is 6.47. The standard InChI is InChI=1S/C9H12O2/c10-7-6-8(11)9(7)4-2-1-3-5-9/h6,10H,1-5H2. The minimum absolute atomic E-state index is 0.148. The molecular weight excluding hydrogens is 140 g/mol. The van der Waals surface area contributed by atoms with Gasteiger partial charge in [0, 0.05) is 6.08 Å². The Labute approximate surface area is 65.9 Å². The van der Waals surface area contributed by atoms with Gasteiger partial charge < -0.3 is 5.11 Å². The predicted molar refractivity (Wildman–Crippen MR) is 41.2 cm³/mol. The maximum atomic E-state index is 11.2. The average Bonchev–Trinajstić information content (AvgIpc) is 2.07. The van der Waals surface area contributed by atoms with Gasteiger partial charge in [0.2, 0.25) is 0 Å². The molecule has 1 fully saturated rings. The lowest BCUT2D eigenvalue weighted by Gasteiger charge is -2.39. The lowest BCUT2D eigenvalue weighted by Crippen LogP contribution is -2.41. The molecule has 0 unspecified atom stereocenters. The first kappa shape index (κ1) is 6.89. The van der Waals surface area contributed by atoms with E-state index in [1.54, 1.807) is 0 Å². The van der Waals surface area contributed by atoms with E-state index in [1.165, 1.54) is 12.5 Å². The van der Waals surface area contributed by atoms with Crippen molar-refractivity contribution in [2.24, 2.45) is 5.41 Å². The van der Waals surface area contributed by atoms with Gasteiger partial charge >= 0.3 is 0 Å². The van der Waals surface area contributed by atoms with Crippen molar-refractivity contribution in [3.63, 3.8) is 0 Å². The predicted octanol–water partition coefficient (Wildman–Crippen LogP) is 1.96. The van der Waals surface area contributed by atoms with Crippen molar-refractivity contribution in [3.05, 3.63) is 11.8 Å². The molecule has 0 aromatic heterocycles. The average molecular weight is 152 g/mol. The fourth-order valence-electron chi connectivity index (χ4n) is 2.11. The van der Waals surface area contributed by atoms with Gasteiger partial charge in [0.25, 0.3) is 0 Å². The number of aliphatic hydroxyl groups excluding tert-OH is 1. The molecule has 0 aliphatic heterocycles. The molecule has 1 saturated carbocycles. The van der Waals surface area contributed by atoms with Gasteiger partial charge in [0.05, 0.1) is 5.41 Å². The number of hydrogen-bond donors (Lipinski definition) is 1. The molecule has 2 aliphatic rings. The van der Waals surface area contributed by atoms with E-state index in [1.807, 2.05) is 0 Å². The molecule has 60 valence electrons. The fourth-order valence-corrected chi connectivity index (χ4v) is 2.11. The van der Waals surface area contributed by atoms with Crippen LogP contribution in [-0.2, 0) is 4.79 Å². The number of carbonyl (C=O) groups excluding carboxylic acids is 1. The largest absolute Gasteiger partial charge is 0.511 e. The Hall–Kier alpha value is -0.790. The van der Waals surface area contributed by atoms with Gasteiger partial charge in [0.1, 0.15) is 5.76 Å². The fraction of sp³-hybridized carbons (Fsp3) is 0.667. The van der Waals surface area contributed by atoms with Crippen molar-refractivity contribution in [3.8, 4) is 0 Å². The molecule has 0 aromatic rings. The number of hydrogen-bond acceptors (Lipinski definition) is 2. The molecule has 0 heterocycles. The molecule has 2 heteroatoms. The summed E-state index contributed by atoms with van der Waals surface area (Å²) in [6.45, 7) is 0. The monoisotopic (exact) mass is 152 g/mol. The molecule has 2 rings (SSSR count). The quantitative estimate of drug-likeness (QED) is 0.576. The topological polar surface area (TPSA) is 37.3 Å². The van der Waals surface area contributed by atoms with Crippen molar-refractivity contribution in [2.45, 2.75) is 32.1 Å². The van der Waals surface area contributed by atoms with Gasteiger partial charge in [-0.25, -0.2) is 0 Å². The van der Waals surface area contributed by atoms with E-state index in [0.717, 1.165) is 25.7 Å². The molecule has 11 heavy (non-hydrogen) atoms. The van der Waals surface area contributed by atoms with Crippen LogP contribution in [0.15, 0.2) is 11.8 Å². The highest BCUT2D eigenvalue weighted by Gasteiger charge is 2.48. The smallest absolute Gasteiger partial charge is 0.172 e. The maximum absolute atomic E-state index is 11.2. The molecule has 2 aliphatic carbocycles. The van der Waals surface area contributed by atoms with Crippen LogP contribution in [0.4, 0.5) is 0 Å². The van der Waals surface area contributed by atoms with Crippen LogP contribution >= 0.6 is 0 Å². The number of aliphatic hydroxyl groups is 1. The lowest BCUT2D eigenvalue weighted by molar-refractivity contribution is -0.129. The summed E-state index contributed by atoms with van der Waals surface area (Å²) in [5, 5.41) is 9.33. The van der Waals surface area contributed by atoms with E-state index in [0.29, 0.717) is 5.76 Å². The molecule has 1 spiro atoms. The summed E-state index contributed by atoms with van der Waals surface area (Å²) in [6.07, 6.45) is 6.49.